The standard InChI is InChI=1S/C12H10N2O2/c1-8(6-13)7-14-11(15)9-4-2-3-5-10(9)12(14)16/h2-5,8H,7H2,1H3/t8-/m1/s1. The van der Waals surface area contributed by atoms with E-state index in [-0.39, 0.29) is 24.3 Å². The minimum Gasteiger partial charge on any atom is -0.273 e. The second-order valence-electron chi connectivity index (χ2n) is 3.80. The first-order valence-electron chi connectivity index (χ1n) is 5.00. The van der Waals surface area contributed by atoms with Crippen molar-refractivity contribution in [1.29, 1.82) is 5.26 Å². The number of nitrogens with zero attached hydrogens (tertiary/aromatic N) is 2. The maximum absolute atomic E-state index is 11.9. The van der Waals surface area contributed by atoms with Gasteiger partial charge in [-0.05, 0) is 19.1 Å². The second kappa shape index (κ2) is 3.78. The molecule has 2 rings (SSSR count). The van der Waals surface area contributed by atoms with E-state index >= 15 is 0 Å². The van der Waals surface area contributed by atoms with Gasteiger partial charge in [-0.3, -0.25) is 14.5 Å². The average Bonchev–Trinajstić information content (AvgIpc) is 2.55. The molecular weight excluding hydrogens is 204 g/mol. The lowest BCUT2D eigenvalue weighted by atomic mass is 10.1. The first-order valence-corrected chi connectivity index (χ1v) is 5.00. The van der Waals surface area contributed by atoms with Crippen LogP contribution in [0.2, 0.25) is 0 Å². The van der Waals surface area contributed by atoms with Crippen LogP contribution in [0.25, 0.3) is 0 Å². The van der Waals surface area contributed by atoms with E-state index < -0.39 is 0 Å². The van der Waals surface area contributed by atoms with Gasteiger partial charge in [0.2, 0.25) is 0 Å². The van der Waals surface area contributed by atoms with Crippen LogP contribution in [0.5, 0.6) is 0 Å². The number of carbonyl (C=O) groups excluding carboxylic acids is 2. The molecule has 1 atom stereocenters. The third-order valence-corrected chi connectivity index (χ3v) is 2.56. The summed E-state index contributed by atoms with van der Waals surface area (Å²) in [5.74, 6) is -0.951. The fourth-order valence-electron chi connectivity index (χ4n) is 1.72. The second-order valence-corrected chi connectivity index (χ2v) is 3.80. The number of imide groups is 1. The molecule has 80 valence electrons. The van der Waals surface area contributed by atoms with E-state index in [9.17, 15) is 9.59 Å². The van der Waals surface area contributed by atoms with Crippen LogP contribution in [0, 0.1) is 17.2 Å². The Morgan fingerprint density at radius 2 is 1.75 bits per heavy atom. The Morgan fingerprint density at radius 3 is 2.19 bits per heavy atom. The van der Waals surface area contributed by atoms with Gasteiger partial charge in [-0.15, -0.1) is 0 Å². The smallest absolute Gasteiger partial charge is 0.261 e. The van der Waals surface area contributed by atoms with Crippen LogP contribution in [-0.2, 0) is 0 Å². The molecule has 1 aliphatic heterocycles. The molecule has 1 heterocycles. The molecule has 2 amide bonds. The van der Waals surface area contributed by atoms with Gasteiger partial charge in [-0.1, -0.05) is 12.1 Å². The predicted molar refractivity (Wildman–Crippen MR) is 56.6 cm³/mol. The summed E-state index contributed by atoms with van der Waals surface area (Å²) in [6.45, 7) is 1.84. The first kappa shape index (κ1) is 10.4. The van der Waals surface area contributed by atoms with Crippen molar-refractivity contribution in [3.63, 3.8) is 0 Å². The largest absolute Gasteiger partial charge is 0.273 e. The van der Waals surface area contributed by atoms with Crippen LogP contribution >= 0.6 is 0 Å². The Morgan fingerprint density at radius 1 is 1.25 bits per heavy atom. The molecule has 4 nitrogen and oxygen atoms in total. The number of nitriles is 1. The minimum atomic E-state index is -0.345. The van der Waals surface area contributed by atoms with Gasteiger partial charge < -0.3 is 0 Å². The van der Waals surface area contributed by atoms with Crippen LogP contribution in [0.3, 0.4) is 0 Å². The lowest BCUT2D eigenvalue weighted by Gasteiger charge is -2.14. The number of hydrogen-bond donors (Lipinski definition) is 0. The van der Waals surface area contributed by atoms with E-state index in [1.165, 1.54) is 0 Å². The molecule has 0 bridgehead atoms. The molecule has 0 saturated heterocycles. The van der Waals surface area contributed by atoms with Crippen molar-refractivity contribution in [2.75, 3.05) is 6.54 Å². The summed E-state index contributed by atoms with van der Waals surface area (Å²) in [7, 11) is 0. The maximum Gasteiger partial charge on any atom is 0.261 e. The monoisotopic (exact) mass is 214 g/mol. The van der Waals surface area contributed by atoms with Crippen molar-refractivity contribution in [2.24, 2.45) is 5.92 Å². The quantitative estimate of drug-likeness (QED) is 0.700. The molecule has 16 heavy (non-hydrogen) atoms. The highest BCUT2D eigenvalue weighted by atomic mass is 16.2. The zero-order valence-corrected chi connectivity index (χ0v) is 8.80. The lowest BCUT2D eigenvalue weighted by molar-refractivity contribution is 0.0643. The summed E-state index contributed by atoms with van der Waals surface area (Å²) in [5, 5.41) is 8.69. The van der Waals surface area contributed by atoms with Gasteiger partial charge in [0.25, 0.3) is 11.8 Å². The minimum absolute atomic E-state index is 0.156. The SMILES string of the molecule is C[C@H](C#N)CN1C(=O)c2ccccc2C1=O. The summed E-state index contributed by atoms with van der Waals surface area (Å²) in [4.78, 5) is 24.8. The molecule has 1 aromatic carbocycles. The number of fused-ring (bicyclic) bond motifs is 1. The van der Waals surface area contributed by atoms with Crippen LogP contribution in [0.4, 0.5) is 0 Å². The Labute approximate surface area is 93.1 Å². The summed E-state index contributed by atoms with van der Waals surface area (Å²) >= 11 is 0. The van der Waals surface area contributed by atoms with Gasteiger partial charge in [0, 0.05) is 6.54 Å². The average molecular weight is 214 g/mol. The zero-order chi connectivity index (χ0) is 11.7. The predicted octanol–water partition coefficient (Wildman–Crippen LogP) is 1.44. The van der Waals surface area contributed by atoms with Gasteiger partial charge in [-0.2, -0.15) is 5.26 Å². The van der Waals surface area contributed by atoms with Gasteiger partial charge in [-0.25, -0.2) is 0 Å². The Balaban J connectivity index is 2.33. The van der Waals surface area contributed by atoms with Crippen molar-refractivity contribution < 1.29 is 9.59 Å². The van der Waals surface area contributed by atoms with Gasteiger partial charge in [0.05, 0.1) is 23.1 Å². The topological polar surface area (TPSA) is 61.2 Å². The van der Waals surface area contributed by atoms with Crippen LogP contribution in [-0.4, -0.2) is 23.3 Å². The molecule has 0 aliphatic carbocycles. The van der Waals surface area contributed by atoms with E-state index in [4.69, 9.17) is 5.26 Å². The third-order valence-electron chi connectivity index (χ3n) is 2.56. The molecular formula is C12H10N2O2. The summed E-state index contributed by atoms with van der Waals surface area (Å²) in [5.41, 5.74) is 0.857. The molecule has 0 fully saturated rings. The number of amides is 2. The van der Waals surface area contributed by atoms with Crippen molar-refractivity contribution in [2.45, 2.75) is 6.92 Å². The molecule has 1 aromatic rings. The molecule has 1 aliphatic rings. The fraction of sp³-hybridized carbons (Fsp3) is 0.250. The zero-order valence-electron chi connectivity index (χ0n) is 8.80. The molecule has 0 saturated carbocycles. The number of hydrogen-bond acceptors (Lipinski definition) is 3. The van der Waals surface area contributed by atoms with E-state index in [1.807, 2.05) is 6.07 Å². The van der Waals surface area contributed by atoms with E-state index in [2.05, 4.69) is 0 Å². The fourth-order valence-corrected chi connectivity index (χ4v) is 1.72. The van der Waals surface area contributed by atoms with E-state index in [0.717, 1.165) is 4.90 Å². The molecule has 0 spiro atoms. The summed E-state index contributed by atoms with van der Waals surface area (Å²) in [6.07, 6.45) is 0. The van der Waals surface area contributed by atoms with E-state index in [0.29, 0.717) is 11.1 Å². The Hall–Kier alpha value is -2.15. The molecule has 0 aromatic heterocycles. The molecule has 0 unspecified atom stereocenters. The number of benzene rings is 1. The molecule has 0 N–H and O–H groups in total. The normalized spacial score (nSPS) is 15.9. The summed E-state index contributed by atoms with van der Waals surface area (Å²) in [6, 6.07) is 8.72. The van der Waals surface area contributed by atoms with Crippen molar-refractivity contribution in [3.05, 3.63) is 35.4 Å². The van der Waals surface area contributed by atoms with Gasteiger partial charge in [0.15, 0.2) is 0 Å². The Bertz CT molecular complexity index is 467. The highest BCUT2D eigenvalue weighted by Gasteiger charge is 2.35. The molecule has 4 heteroatoms. The van der Waals surface area contributed by atoms with Crippen LogP contribution in [0.15, 0.2) is 24.3 Å². The lowest BCUT2D eigenvalue weighted by Crippen LogP contribution is -2.33. The third kappa shape index (κ3) is 1.47. The van der Waals surface area contributed by atoms with Crippen LogP contribution < -0.4 is 0 Å². The highest BCUT2D eigenvalue weighted by Crippen LogP contribution is 2.22. The van der Waals surface area contributed by atoms with Gasteiger partial charge in [0.1, 0.15) is 0 Å². The van der Waals surface area contributed by atoms with Crippen molar-refractivity contribution >= 4 is 11.8 Å². The summed E-state index contributed by atoms with van der Waals surface area (Å²) < 4.78 is 0. The van der Waals surface area contributed by atoms with Crippen LogP contribution in [0.1, 0.15) is 27.6 Å². The highest BCUT2D eigenvalue weighted by molar-refractivity contribution is 6.21. The Kier molecular flexibility index (Phi) is 2.45. The first-order chi connectivity index (χ1) is 7.65. The number of rotatable bonds is 2. The molecule has 0 radical (unpaired) electrons. The van der Waals surface area contributed by atoms with Crippen molar-refractivity contribution in [1.82, 2.24) is 4.90 Å². The number of carbonyl (C=O) groups is 2. The van der Waals surface area contributed by atoms with Gasteiger partial charge >= 0.3 is 0 Å². The maximum atomic E-state index is 11.9. The van der Waals surface area contributed by atoms with Crippen molar-refractivity contribution in [3.8, 4) is 6.07 Å². The van der Waals surface area contributed by atoms with E-state index in [1.54, 1.807) is 31.2 Å².